The summed E-state index contributed by atoms with van der Waals surface area (Å²) < 4.78 is 2.38. The van der Waals surface area contributed by atoms with E-state index in [9.17, 15) is 0 Å². The molecular formula is C25H31N3. The van der Waals surface area contributed by atoms with Crippen LogP contribution in [0.15, 0.2) is 48.5 Å². The molecule has 0 amide bonds. The van der Waals surface area contributed by atoms with Crippen molar-refractivity contribution in [3.63, 3.8) is 0 Å². The van der Waals surface area contributed by atoms with Gasteiger partial charge in [-0.05, 0) is 24.6 Å². The summed E-state index contributed by atoms with van der Waals surface area (Å²) in [5, 5.41) is 1.21. The summed E-state index contributed by atoms with van der Waals surface area (Å²) in [4.78, 5) is 9.91. The Bertz CT molecular complexity index is 1050. The van der Waals surface area contributed by atoms with Crippen LogP contribution >= 0.6 is 0 Å². The van der Waals surface area contributed by atoms with Crippen LogP contribution in [0.4, 0.5) is 0 Å². The third-order valence-corrected chi connectivity index (χ3v) is 5.74. The normalized spacial score (nSPS) is 11.8. The average molecular weight is 374 g/mol. The Morgan fingerprint density at radius 2 is 1.29 bits per heavy atom. The van der Waals surface area contributed by atoms with Crippen molar-refractivity contribution in [1.82, 2.24) is 14.5 Å². The highest BCUT2D eigenvalue weighted by Crippen LogP contribution is 2.28. The van der Waals surface area contributed by atoms with E-state index in [1.165, 1.54) is 68.7 Å². The molecule has 0 saturated heterocycles. The maximum atomic E-state index is 4.97. The zero-order valence-electron chi connectivity index (χ0n) is 17.0. The van der Waals surface area contributed by atoms with Crippen LogP contribution in [0.2, 0.25) is 0 Å². The Morgan fingerprint density at radius 3 is 2.04 bits per heavy atom. The van der Waals surface area contributed by atoms with E-state index in [-0.39, 0.29) is 0 Å². The molecule has 0 aliphatic heterocycles. The lowest BCUT2D eigenvalue weighted by Crippen LogP contribution is -2.00. The van der Waals surface area contributed by atoms with Gasteiger partial charge in [0.1, 0.15) is 5.52 Å². The van der Waals surface area contributed by atoms with E-state index in [4.69, 9.17) is 9.97 Å². The molecule has 4 rings (SSSR count). The third kappa shape index (κ3) is 4.04. The lowest BCUT2D eigenvalue weighted by atomic mass is 10.1. The monoisotopic (exact) mass is 373 g/mol. The molecule has 0 atom stereocenters. The highest BCUT2D eigenvalue weighted by atomic mass is 15.1. The van der Waals surface area contributed by atoms with Crippen LogP contribution < -0.4 is 0 Å². The Morgan fingerprint density at radius 1 is 0.679 bits per heavy atom. The summed E-state index contributed by atoms with van der Waals surface area (Å²) in [5.41, 5.74) is 5.27. The van der Waals surface area contributed by atoms with E-state index in [2.05, 4.69) is 41.8 Å². The SMILES string of the molecule is CCCCCCCCCCCn1c2ccccc2c2nc3ccccc3nc21. The summed E-state index contributed by atoms with van der Waals surface area (Å²) in [6.45, 7) is 3.30. The smallest absolute Gasteiger partial charge is 0.160 e. The molecule has 0 spiro atoms. The fraction of sp³-hybridized carbons (Fsp3) is 0.440. The van der Waals surface area contributed by atoms with Crippen LogP contribution in [-0.4, -0.2) is 14.5 Å². The number of benzene rings is 2. The van der Waals surface area contributed by atoms with E-state index in [1.807, 2.05) is 18.2 Å². The van der Waals surface area contributed by atoms with Gasteiger partial charge in [-0.15, -0.1) is 0 Å². The number of para-hydroxylation sites is 3. The Hall–Kier alpha value is -2.42. The molecule has 2 aromatic heterocycles. The number of nitrogens with zero attached hydrogens (tertiary/aromatic N) is 3. The Labute approximate surface area is 167 Å². The third-order valence-electron chi connectivity index (χ3n) is 5.74. The van der Waals surface area contributed by atoms with Crippen molar-refractivity contribution in [3.05, 3.63) is 48.5 Å². The van der Waals surface area contributed by atoms with Crippen LogP contribution in [0.25, 0.3) is 33.1 Å². The molecule has 3 heteroatoms. The van der Waals surface area contributed by atoms with Crippen molar-refractivity contribution in [2.75, 3.05) is 0 Å². The van der Waals surface area contributed by atoms with Gasteiger partial charge in [0.15, 0.2) is 5.65 Å². The number of fused-ring (bicyclic) bond motifs is 4. The first kappa shape index (κ1) is 18.9. The van der Waals surface area contributed by atoms with Gasteiger partial charge in [-0.3, -0.25) is 0 Å². The zero-order chi connectivity index (χ0) is 19.2. The first-order valence-corrected chi connectivity index (χ1v) is 11.0. The predicted octanol–water partition coefficient (Wildman–Crippen LogP) is 7.27. The highest BCUT2D eigenvalue weighted by Gasteiger charge is 2.13. The molecule has 3 nitrogen and oxygen atoms in total. The van der Waals surface area contributed by atoms with Gasteiger partial charge < -0.3 is 4.57 Å². The lowest BCUT2D eigenvalue weighted by molar-refractivity contribution is 0.546. The molecule has 0 aliphatic carbocycles. The molecule has 28 heavy (non-hydrogen) atoms. The number of rotatable bonds is 10. The summed E-state index contributed by atoms with van der Waals surface area (Å²) >= 11 is 0. The Balaban J connectivity index is 1.47. The van der Waals surface area contributed by atoms with Gasteiger partial charge in [-0.25, -0.2) is 9.97 Å². The van der Waals surface area contributed by atoms with Crippen LogP contribution in [0.3, 0.4) is 0 Å². The Kier molecular flexibility index (Phi) is 6.20. The van der Waals surface area contributed by atoms with Crippen molar-refractivity contribution in [2.24, 2.45) is 0 Å². The number of aryl methyl sites for hydroxylation is 1. The molecule has 2 heterocycles. The van der Waals surface area contributed by atoms with Crippen molar-refractivity contribution in [2.45, 2.75) is 71.3 Å². The van der Waals surface area contributed by atoms with Crippen molar-refractivity contribution in [3.8, 4) is 0 Å². The fourth-order valence-electron chi connectivity index (χ4n) is 4.19. The molecule has 0 fully saturated rings. The minimum Gasteiger partial charge on any atom is -0.324 e. The van der Waals surface area contributed by atoms with Gasteiger partial charge in [0.2, 0.25) is 0 Å². The van der Waals surface area contributed by atoms with E-state index in [1.54, 1.807) is 0 Å². The van der Waals surface area contributed by atoms with Crippen LogP contribution in [0, 0.1) is 0 Å². The second-order valence-electron chi connectivity index (χ2n) is 7.88. The summed E-state index contributed by atoms with van der Waals surface area (Å²) in [7, 11) is 0. The van der Waals surface area contributed by atoms with E-state index in [0.717, 1.165) is 28.7 Å². The molecule has 0 saturated carbocycles. The fourth-order valence-corrected chi connectivity index (χ4v) is 4.19. The van der Waals surface area contributed by atoms with Gasteiger partial charge in [-0.2, -0.15) is 0 Å². The van der Waals surface area contributed by atoms with E-state index >= 15 is 0 Å². The largest absolute Gasteiger partial charge is 0.324 e. The van der Waals surface area contributed by atoms with Gasteiger partial charge in [-0.1, -0.05) is 88.6 Å². The molecule has 0 unspecified atom stereocenters. The first-order valence-electron chi connectivity index (χ1n) is 11.0. The molecule has 146 valence electrons. The van der Waals surface area contributed by atoms with Crippen LogP contribution in [0.5, 0.6) is 0 Å². The molecule has 0 radical (unpaired) electrons. The van der Waals surface area contributed by atoms with Crippen molar-refractivity contribution >= 4 is 33.1 Å². The standard InChI is InChI=1S/C25H31N3/c1-2-3-4-5-6-7-8-9-14-19-28-23-18-13-10-15-20(23)24-25(28)27-22-17-12-11-16-21(22)26-24/h10-13,15-18H,2-9,14,19H2,1H3. The lowest BCUT2D eigenvalue weighted by Gasteiger charge is -2.07. The number of unbranched alkanes of at least 4 members (excludes halogenated alkanes) is 8. The maximum Gasteiger partial charge on any atom is 0.160 e. The highest BCUT2D eigenvalue weighted by molar-refractivity contribution is 6.06. The van der Waals surface area contributed by atoms with E-state index in [0.29, 0.717) is 0 Å². The predicted molar refractivity (Wildman–Crippen MR) is 120 cm³/mol. The number of hydrogen-bond acceptors (Lipinski definition) is 2. The maximum absolute atomic E-state index is 4.97. The van der Waals surface area contributed by atoms with Crippen molar-refractivity contribution < 1.29 is 0 Å². The summed E-state index contributed by atoms with van der Waals surface area (Å²) in [5.74, 6) is 0. The van der Waals surface area contributed by atoms with Crippen LogP contribution in [0.1, 0.15) is 64.7 Å². The van der Waals surface area contributed by atoms with Crippen molar-refractivity contribution in [1.29, 1.82) is 0 Å². The quantitative estimate of drug-likeness (QED) is 0.274. The first-order chi connectivity index (χ1) is 13.9. The molecule has 0 N–H and O–H groups in total. The topological polar surface area (TPSA) is 30.7 Å². The minimum absolute atomic E-state index is 0.973. The van der Waals surface area contributed by atoms with Gasteiger partial charge in [0.05, 0.1) is 16.6 Å². The van der Waals surface area contributed by atoms with Crippen LogP contribution in [-0.2, 0) is 6.54 Å². The molecular weight excluding hydrogens is 342 g/mol. The number of aromatic nitrogens is 3. The summed E-state index contributed by atoms with van der Waals surface area (Å²) in [6.07, 6.45) is 12.2. The number of hydrogen-bond donors (Lipinski definition) is 0. The van der Waals surface area contributed by atoms with Gasteiger partial charge in [0, 0.05) is 11.9 Å². The second kappa shape index (κ2) is 9.18. The van der Waals surface area contributed by atoms with Gasteiger partial charge in [0.25, 0.3) is 0 Å². The zero-order valence-corrected chi connectivity index (χ0v) is 17.0. The second-order valence-corrected chi connectivity index (χ2v) is 7.88. The van der Waals surface area contributed by atoms with E-state index < -0.39 is 0 Å². The molecule has 0 aliphatic rings. The molecule has 0 bridgehead atoms. The molecule has 2 aromatic carbocycles. The summed E-state index contributed by atoms with van der Waals surface area (Å²) in [6, 6.07) is 16.8. The van der Waals surface area contributed by atoms with Gasteiger partial charge >= 0.3 is 0 Å². The molecule has 4 aromatic rings. The minimum atomic E-state index is 0.973. The average Bonchev–Trinajstić information content (AvgIpc) is 3.04.